The maximum absolute atomic E-state index is 13.1. The van der Waals surface area contributed by atoms with E-state index in [9.17, 15) is 18.0 Å². The van der Waals surface area contributed by atoms with Gasteiger partial charge in [-0.15, -0.1) is 0 Å². The van der Waals surface area contributed by atoms with E-state index < -0.39 is 23.4 Å². The zero-order valence-corrected chi connectivity index (χ0v) is 11.9. The molecule has 0 aliphatic rings. The minimum Gasteiger partial charge on any atom is -0.322 e. The molecule has 0 aliphatic heterocycles. The minimum absolute atomic E-state index is 0.147. The Morgan fingerprint density at radius 1 is 1.15 bits per heavy atom. The van der Waals surface area contributed by atoms with Crippen LogP contribution < -0.4 is 5.32 Å². The Morgan fingerprint density at radius 2 is 1.75 bits per heavy atom. The Balaban J connectivity index is 2.30. The van der Waals surface area contributed by atoms with Crippen molar-refractivity contribution < 1.29 is 18.0 Å². The third-order valence-electron chi connectivity index (χ3n) is 2.75. The van der Waals surface area contributed by atoms with E-state index in [1.54, 1.807) is 25.1 Å². The zero-order chi connectivity index (χ0) is 14.9. The molecule has 0 atom stereocenters. The second-order valence-electron chi connectivity index (χ2n) is 4.12. The molecule has 0 spiro atoms. The van der Waals surface area contributed by atoms with Crippen LogP contribution >= 0.6 is 15.9 Å². The quantitative estimate of drug-likeness (QED) is 0.803. The molecule has 104 valence electrons. The maximum atomic E-state index is 13.1. The van der Waals surface area contributed by atoms with E-state index >= 15 is 0 Å². The number of anilines is 1. The van der Waals surface area contributed by atoms with Crippen molar-refractivity contribution in [1.82, 2.24) is 0 Å². The van der Waals surface area contributed by atoms with Crippen molar-refractivity contribution in [1.29, 1.82) is 0 Å². The molecular weight excluding hydrogens is 335 g/mol. The third-order valence-corrected chi connectivity index (χ3v) is 3.61. The Hall–Kier alpha value is -1.82. The lowest BCUT2D eigenvalue weighted by Crippen LogP contribution is -2.14. The average molecular weight is 344 g/mol. The molecule has 0 aromatic heterocycles. The van der Waals surface area contributed by atoms with Crippen molar-refractivity contribution in [3.05, 3.63) is 63.4 Å². The number of carbonyl (C=O) groups is 1. The van der Waals surface area contributed by atoms with Crippen LogP contribution in [0.1, 0.15) is 15.9 Å². The van der Waals surface area contributed by atoms with Crippen LogP contribution in [0.25, 0.3) is 0 Å². The Bertz CT molecular complexity index is 665. The highest BCUT2D eigenvalue weighted by atomic mass is 79.9. The zero-order valence-electron chi connectivity index (χ0n) is 10.3. The first-order valence-corrected chi connectivity index (χ1v) is 6.40. The topological polar surface area (TPSA) is 29.1 Å². The average Bonchev–Trinajstić information content (AvgIpc) is 2.39. The summed E-state index contributed by atoms with van der Waals surface area (Å²) in [5.41, 5.74) is 0.892. The molecule has 0 unspecified atom stereocenters. The standard InChI is InChI=1S/C14H9BrF3NO/c1-7-9(3-2-4-10(7)15)14(20)19-8-5-11(16)13(18)12(17)6-8/h2-6H,1H3,(H,19,20). The molecule has 0 saturated carbocycles. The monoisotopic (exact) mass is 343 g/mol. The molecule has 1 N–H and O–H groups in total. The molecule has 0 bridgehead atoms. The number of benzene rings is 2. The second-order valence-corrected chi connectivity index (χ2v) is 4.97. The highest BCUT2D eigenvalue weighted by Crippen LogP contribution is 2.22. The summed E-state index contributed by atoms with van der Waals surface area (Å²) in [5.74, 6) is -4.81. The highest BCUT2D eigenvalue weighted by molar-refractivity contribution is 9.10. The van der Waals surface area contributed by atoms with Gasteiger partial charge in [0.2, 0.25) is 0 Å². The van der Waals surface area contributed by atoms with E-state index in [1.165, 1.54) is 0 Å². The van der Waals surface area contributed by atoms with E-state index in [0.717, 1.165) is 16.6 Å². The second kappa shape index (κ2) is 5.66. The molecule has 0 heterocycles. The van der Waals surface area contributed by atoms with Crippen molar-refractivity contribution in [3.63, 3.8) is 0 Å². The summed E-state index contributed by atoms with van der Waals surface area (Å²) in [7, 11) is 0. The number of carbonyl (C=O) groups excluding carboxylic acids is 1. The van der Waals surface area contributed by atoms with Gasteiger partial charge in [-0.05, 0) is 24.6 Å². The van der Waals surface area contributed by atoms with Gasteiger partial charge in [-0.2, -0.15) is 0 Å². The summed E-state index contributed by atoms with van der Waals surface area (Å²) in [4.78, 5) is 12.0. The van der Waals surface area contributed by atoms with Crippen molar-refractivity contribution in [2.24, 2.45) is 0 Å². The molecule has 6 heteroatoms. The third kappa shape index (κ3) is 2.85. The molecule has 0 fully saturated rings. The van der Waals surface area contributed by atoms with Crippen LogP contribution in [-0.2, 0) is 0 Å². The van der Waals surface area contributed by atoms with Crippen molar-refractivity contribution in [3.8, 4) is 0 Å². The SMILES string of the molecule is Cc1c(Br)cccc1C(=O)Nc1cc(F)c(F)c(F)c1. The van der Waals surface area contributed by atoms with Crippen molar-refractivity contribution in [2.45, 2.75) is 6.92 Å². The van der Waals surface area contributed by atoms with Gasteiger partial charge in [0.05, 0.1) is 0 Å². The number of nitrogens with one attached hydrogen (secondary N) is 1. The smallest absolute Gasteiger partial charge is 0.255 e. The van der Waals surface area contributed by atoms with E-state index in [2.05, 4.69) is 21.2 Å². The summed E-state index contributed by atoms with van der Waals surface area (Å²) in [6, 6.07) is 6.46. The van der Waals surface area contributed by atoms with Crippen LogP contribution in [0.15, 0.2) is 34.8 Å². The molecule has 2 aromatic rings. The predicted octanol–water partition coefficient (Wildman–Crippen LogP) is 4.43. The van der Waals surface area contributed by atoms with Crippen LogP contribution in [0.4, 0.5) is 18.9 Å². The molecule has 2 nitrogen and oxygen atoms in total. The first-order valence-electron chi connectivity index (χ1n) is 5.61. The van der Waals surface area contributed by atoms with Gasteiger partial charge in [0.1, 0.15) is 0 Å². The Kier molecular flexibility index (Phi) is 4.13. The van der Waals surface area contributed by atoms with Crippen LogP contribution in [0.2, 0.25) is 0 Å². The van der Waals surface area contributed by atoms with E-state index in [-0.39, 0.29) is 5.69 Å². The van der Waals surface area contributed by atoms with Gasteiger partial charge in [-0.3, -0.25) is 4.79 Å². The van der Waals surface area contributed by atoms with Gasteiger partial charge < -0.3 is 5.32 Å². The molecule has 1 amide bonds. The largest absolute Gasteiger partial charge is 0.322 e. The number of halogens is 4. The summed E-state index contributed by atoms with van der Waals surface area (Å²) < 4.78 is 39.7. The van der Waals surface area contributed by atoms with Gasteiger partial charge in [0, 0.05) is 27.9 Å². The highest BCUT2D eigenvalue weighted by Gasteiger charge is 2.14. The van der Waals surface area contributed by atoms with Gasteiger partial charge in [-0.1, -0.05) is 22.0 Å². The number of hydrogen-bond donors (Lipinski definition) is 1. The summed E-state index contributed by atoms with van der Waals surface area (Å²) in [6.07, 6.45) is 0. The van der Waals surface area contributed by atoms with E-state index in [1.807, 2.05) is 0 Å². The maximum Gasteiger partial charge on any atom is 0.255 e. The summed E-state index contributed by atoms with van der Waals surface area (Å²) >= 11 is 3.28. The lowest BCUT2D eigenvalue weighted by molar-refractivity contribution is 0.102. The number of hydrogen-bond acceptors (Lipinski definition) is 1. The molecule has 2 rings (SSSR count). The fourth-order valence-electron chi connectivity index (χ4n) is 1.68. The normalized spacial score (nSPS) is 10.4. The Labute approximate surface area is 121 Å². The summed E-state index contributed by atoms with van der Waals surface area (Å²) in [5, 5.41) is 2.33. The van der Waals surface area contributed by atoms with Crippen LogP contribution in [0.5, 0.6) is 0 Å². The van der Waals surface area contributed by atoms with Crippen molar-refractivity contribution in [2.75, 3.05) is 5.32 Å². The lowest BCUT2D eigenvalue weighted by Gasteiger charge is -2.09. The van der Waals surface area contributed by atoms with Gasteiger partial charge in [0.15, 0.2) is 17.5 Å². The number of rotatable bonds is 2. The van der Waals surface area contributed by atoms with Gasteiger partial charge in [0.25, 0.3) is 5.91 Å². The predicted molar refractivity (Wildman–Crippen MR) is 73.1 cm³/mol. The first kappa shape index (κ1) is 14.6. The molecule has 20 heavy (non-hydrogen) atoms. The first-order chi connectivity index (χ1) is 9.40. The molecule has 2 aromatic carbocycles. The summed E-state index contributed by atoms with van der Waals surface area (Å²) in [6.45, 7) is 1.73. The fourth-order valence-corrected chi connectivity index (χ4v) is 2.05. The minimum atomic E-state index is -1.57. The van der Waals surface area contributed by atoms with Crippen LogP contribution in [0, 0.1) is 24.4 Å². The fraction of sp³-hybridized carbons (Fsp3) is 0.0714. The van der Waals surface area contributed by atoms with Gasteiger partial charge in [-0.25, -0.2) is 13.2 Å². The van der Waals surface area contributed by atoms with Gasteiger partial charge >= 0.3 is 0 Å². The molecule has 0 saturated heterocycles. The molecular formula is C14H9BrF3NO. The lowest BCUT2D eigenvalue weighted by atomic mass is 10.1. The molecule has 0 aliphatic carbocycles. The Morgan fingerprint density at radius 3 is 2.35 bits per heavy atom. The molecule has 0 radical (unpaired) electrons. The van der Waals surface area contributed by atoms with E-state index in [0.29, 0.717) is 11.1 Å². The van der Waals surface area contributed by atoms with Crippen LogP contribution in [0.3, 0.4) is 0 Å². The van der Waals surface area contributed by atoms with Crippen LogP contribution in [-0.4, -0.2) is 5.91 Å². The number of amides is 1. The van der Waals surface area contributed by atoms with E-state index in [4.69, 9.17) is 0 Å². The van der Waals surface area contributed by atoms with Crippen molar-refractivity contribution >= 4 is 27.5 Å².